The fourth-order valence-electron chi connectivity index (χ4n) is 5.17. The number of aliphatic imine (C=N–C) groups is 2. The number of hydrogen-bond acceptors (Lipinski definition) is 11. The Morgan fingerprint density at radius 2 is 2.00 bits per heavy atom. The lowest BCUT2D eigenvalue weighted by atomic mass is 10.0. The Hall–Kier alpha value is -4.81. The molecule has 13 nitrogen and oxygen atoms in total. The smallest absolute Gasteiger partial charge is 0.250 e. The summed E-state index contributed by atoms with van der Waals surface area (Å²) in [6.07, 6.45) is 7.61. The van der Waals surface area contributed by atoms with E-state index < -0.39 is 0 Å². The minimum atomic E-state index is -0.0988. The van der Waals surface area contributed by atoms with Crippen LogP contribution in [0.5, 0.6) is 0 Å². The summed E-state index contributed by atoms with van der Waals surface area (Å²) in [6.45, 7) is 2.99. The molecule has 0 fully saturated rings. The topological polar surface area (TPSA) is 163 Å². The number of carbonyl (C=O) groups excluding carboxylic acids is 1. The van der Waals surface area contributed by atoms with Gasteiger partial charge in [-0.2, -0.15) is 0 Å². The van der Waals surface area contributed by atoms with E-state index in [1.807, 2.05) is 13.1 Å². The van der Waals surface area contributed by atoms with Gasteiger partial charge in [-0.15, -0.1) is 15.3 Å². The Labute approximate surface area is 222 Å². The standard InChI is InChI=1S/C26H25N11O2/c1-14-27-12-21(30-14)16-3-2-15-7-19(8-17(15)6-16)31-26-28-10-18(11-29-26)25-35-34-23(39-25)9-24(38)37-5-4-20-22(13-37)33-36-32-20/h2-3,6,10-12,14,19H,4-5,7-9,13H2,1H3,(H,28,29,31)(H,32,33,36). The molecular weight excluding hydrogens is 498 g/mol. The van der Waals surface area contributed by atoms with Crippen LogP contribution in [0.4, 0.5) is 5.95 Å². The third-order valence-corrected chi connectivity index (χ3v) is 7.20. The zero-order valence-corrected chi connectivity index (χ0v) is 21.2. The first-order valence-electron chi connectivity index (χ1n) is 12.9. The van der Waals surface area contributed by atoms with Gasteiger partial charge < -0.3 is 14.6 Å². The van der Waals surface area contributed by atoms with Crippen LogP contribution < -0.4 is 5.32 Å². The van der Waals surface area contributed by atoms with Gasteiger partial charge in [0.15, 0.2) is 0 Å². The second-order valence-corrected chi connectivity index (χ2v) is 9.93. The van der Waals surface area contributed by atoms with Crippen LogP contribution in [0.2, 0.25) is 0 Å². The van der Waals surface area contributed by atoms with Crippen molar-refractivity contribution in [2.75, 3.05) is 11.9 Å². The van der Waals surface area contributed by atoms with Crippen molar-refractivity contribution >= 4 is 23.8 Å². The first-order valence-corrected chi connectivity index (χ1v) is 12.9. The lowest BCUT2D eigenvalue weighted by Gasteiger charge is -2.25. The largest absolute Gasteiger partial charge is 0.420 e. The Balaban J connectivity index is 0.959. The molecule has 1 aliphatic carbocycles. The van der Waals surface area contributed by atoms with E-state index in [1.54, 1.807) is 17.3 Å². The quantitative estimate of drug-likeness (QED) is 0.382. The van der Waals surface area contributed by atoms with Crippen molar-refractivity contribution in [2.24, 2.45) is 9.98 Å². The molecule has 0 radical (unpaired) electrons. The average Bonchev–Trinajstić information content (AvgIpc) is 3.75. The molecule has 3 aliphatic rings. The van der Waals surface area contributed by atoms with Crippen LogP contribution >= 0.6 is 0 Å². The van der Waals surface area contributed by atoms with Gasteiger partial charge in [0.1, 0.15) is 18.3 Å². The predicted molar refractivity (Wildman–Crippen MR) is 140 cm³/mol. The fourth-order valence-corrected chi connectivity index (χ4v) is 5.17. The second kappa shape index (κ2) is 9.49. The maximum Gasteiger partial charge on any atom is 0.250 e. The van der Waals surface area contributed by atoms with Crippen molar-refractivity contribution in [3.8, 4) is 11.5 Å². The van der Waals surface area contributed by atoms with Gasteiger partial charge >= 0.3 is 0 Å². The van der Waals surface area contributed by atoms with Crippen LogP contribution in [0.3, 0.4) is 0 Å². The molecule has 0 saturated carbocycles. The van der Waals surface area contributed by atoms with Crippen molar-refractivity contribution in [3.63, 3.8) is 0 Å². The first kappa shape index (κ1) is 23.3. The molecular formula is C26H25N11O2. The SMILES string of the molecule is CC1N=CC(c2ccc3c(c2)CC(Nc2ncc(-c4nnc(CC(=O)N5CCc6[nH]nnc6C5)o4)cn2)C3)=N1. The number of aromatic nitrogens is 7. The molecule has 39 heavy (non-hydrogen) atoms. The van der Waals surface area contributed by atoms with Crippen molar-refractivity contribution in [3.05, 3.63) is 64.6 Å². The monoisotopic (exact) mass is 523 g/mol. The number of carbonyl (C=O) groups is 1. The molecule has 1 aromatic carbocycles. The third-order valence-electron chi connectivity index (χ3n) is 7.20. The predicted octanol–water partition coefficient (Wildman–Crippen LogP) is 1.57. The van der Waals surface area contributed by atoms with Gasteiger partial charge in [-0.25, -0.2) is 9.97 Å². The van der Waals surface area contributed by atoms with Crippen molar-refractivity contribution in [1.29, 1.82) is 0 Å². The third kappa shape index (κ3) is 4.67. The van der Waals surface area contributed by atoms with Crippen LogP contribution in [0.15, 0.2) is 45.0 Å². The number of nitrogens with one attached hydrogen (secondary N) is 2. The summed E-state index contributed by atoms with van der Waals surface area (Å²) in [5.41, 5.74) is 7.01. The molecule has 1 amide bonds. The number of fused-ring (bicyclic) bond motifs is 2. The number of hydrogen-bond donors (Lipinski definition) is 2. The van der Waals surface area contributed by atoms with E-state index >= 15 is 0 Å². The second-order valence-electron chi connectivity index (χ2n) is 9.93. The molecule has 4 aromatic rings. The van der Waals surface area contributed by atoms with Gasteiger partial charge in [-0.1, -0.05) is 17.3 Å². The van der Waals surface area contributed by atoms with Crippen LogP contribution in [0.25, 0.3) is 11.5 Å². The number of H-pyrrole nitrogens is 1. The highest BCUT2D eigenvalue weighted by molar-refractivity contribution is 6.39. The first-order chi connectivity index (χ1) is 19.1. The highest BCUT2D eigenvalue weighted by Crippen LogP contribution is 2.26. The highest BCUT2D eigenvalue weighted by atomic mass is 16.4. The van der Waals surface area contributed by atoms with Gasteiger partial charge in [-0.05, 0) is 37.0 Å². The van der Waals surface area contributed by atoms with Gasteiger partial charge in [0.2, 0.25) is 17.7 Å². The van der Waals surface area contributed by atoms with E-state index in [2.05, 4.69) is 69.1 Å². The van der Waals surface area contributed by atoms with Crippen molar-refractivity contribution < 1.29 is 9.21 Å². The number of anilines is 1. The molecule has 0 spiro atoms. The Kier molecular flexibility index (Phi) is 5.68. The highest BCUT2D eigenvalue weighted by Gasteiger charge is 2.26. The summed E-state index contributed by atoms with van der Waals surface area (Å²) in [5.74, 6) is 0.953. The maximum absolute atomic E-state index is 12.7. The summed E-state index contributed by atoms with van der Waals surface area (Å²) in [4.78, 5) is 32.3. The molecule has 13 heteroatoms. The summed E-state index contributed by atoms with van der Waals surface area (Å²) in [6, 6.07) is 6.69. The minimum Gasteiger partial charge on any atom is -0.420 e. The summed E-state index contributed by atoms with van der Waals surface area (Å²) >= 11 is 0. The van der Waals surface area contributed by atoms with E-state index in [0.29, 0.717) is 31.0 Å². The molecule has 2 N–H and O–H groups in total. The zero-order valence-electron chi connectivity index (χ0n) is 21.2. The van der Waals surface area contributed by atoms with E-state index in [4.69, 9.17) is 4.42 Å². The number of amides is 1. The van der Waals surface area contributed by atoms with Crippen LogP contribution in [0.1, 0.15) is 40.9 Å². The fraction of sp³-hybridized carbons (Fsp3) is 0.346. The van der Waals surface area contributed by atoms with Gasteiger partial charge in [0, 0.05) is 43.2 Å². The van der Waals surface area contributed by atoms with Gasteiger partial charge in [0.25, 0.3) is 5.89 Å². The van der Waals surface area contributed by atoms with Crippen LogP contribution in [-0.4, -0.2) is 77.1 Å². The number of nitrogens with zero attached hydrogens (tertiary/aromatic N) is 9. The molecule has 3 aromatic heterocycles. The molecule has 0 saturated heterocycles. The molecule has 196 valence electrons. The molecule has 7 rings (SSSR count). The lowest BCUT2D eigenvalue weighted by Crippen LogP contribution is -2.37. The van der Waals surface area contributed by atoms with Crippen molar-refractivity contribution in [2.45, 2.75) is 51.4 Å². The van der Waals surface area contributed by atoms with Crippen molar-refractivity contribution in [1.82, 2.24) is 40.5 Å². The molecule has 2 aliphatic heterocycles. The number of benzene rings is 1. The molecule has 5 heterocycles. The summed E-state index contributed by atoms with van der Waals surface area (Å²) in [5, 5.41) is 22.3. The van der Waals surface area contributed by atoms with Gasteiger partial charge in [0.05, 0.1) is 23.5 Å². The average molecular weight is 524 g/mol. The summed E-state index contributed by atoms with van der Waals surface area (Å²) < 4.78 is 5.74. The Morgan fingerprint density at radius 1 is 1.13 bits per heavy atom. The lowest BCUT2D eigenvalue weighted by molar-refractivity contribution is -0.131. The van der Waals surface area contributed by atoms with Crippen LogP contribution in [0, 0.1) is 0 Å². The van der Waals surface area contributed by atoms with E-state index in [1.165, 1.54) is 11.1 Å². The Bertz CT molecular complexity index is 1600. The van der Waals surface area contributed by atoms with E-state index in [9.17, 15) is 4.79 Å². The number of rotatable bonds is 6. The number of aromatic amines is 1. The Morgan fingerprint density at radius 3 is 2.85 bits per heavy atom. The zero-order chi connectivity index (χ0) is 26.3. The van der Waals surface area contributed by atoms with Gasteiger partial charge in [-0.3, -0.25) is 19.9 Å². The molecule has 2 atom stereocenters. The normalized spacial score (nSPS) is 19.6. The molecule has 2 unspecified atom stereocenters. The van der Waals surface area contributed by atoms with E-state index in [-0.39, 0.29) is 36.3 Å². The minimum absolute atomic E-state index is 0.00620. The molecule has 0 bridgehead atoms. The summed E-state index contributed by atoms with van der Waals surface area (Å²) in [7, 11) is 0. The van der Waals surface area contributed by atoms with E-state index in [0.717, 1.165) is 35.5 Å². The maximum atomic E-state index is 12.7. The van der Waals surface area contributed by atoms with Crippen LogP contribution in [-0.2, 0) is 37.0 Å².